The quantitative estimate of drug-likeness (QED) is 0.853. The number of rotatable bonds is 1. The maximum atomic E-state index is 13.1. The number of nitrogens with zero attached hydrogens (tertiary/aromatic N) is 1. The van der Waals surface area contributed by atoms with E-state index in [1.165, 1.54) is 23.1 Å². The van der Waals surface area contributed by atoms with Crippen molar-refractivity contribution in [3.8, 4) is 0 Å². The van der Waals surface area contributed by atoms with Gasteiger partial charge in [0, 0.05) is 5.69 Å². The van der Waals surface area contributed by atoms with Gasteiger partial charge in [-0.15, -0.1) is 0 Å². The molecule has 1 saturated heterocycles. The van der Waals surface area contributed by atoms with Gasteiger partial charge in [-0.25, -0.2) is 4.39 Å². The summed E-state index contributed by atoms with van der Waals surface area (Å²) in [6.45, 7) is 1.60. The molecule has 1 N–H and O–H groups in total. The predicted molar refractivity (Wildman–Crippen MR) is 64.1 cm³/mol. The Balaban J connectivity index is 2.39. The van der Waals surface area contributed by atoms with Gasteiger partial charge >= 0.3 is 0 Å². The molecular weight excluding hydrogens is 291 g/mol. The molecule has 0 radical (unpaired) electrons. The highest BCUT2D eigenvalue weighted by molar-refractivity contribution is 9.10. The molecule has 6 heteroatoms. The van der Waals surface area contributed by atoms with Crippen molar-refractivity contribution in [2.24, 2.45) is 0 Å². The van der Waals surface area contributed by atoms with Gasteiger partial charge in [0.1, 0.15) is 11.9 Å². The number of carbonyl (C=O) groups is 2. The fourth-order valence-electron chi connectivity index (χ4n) is 1.73. The number of hydrogen-bond donors (Lipinski definition) is 1. The maximum Gasteiger partial charge on any atom is 0.247 e. The molecule has 1 aliphatic heterocycles. The molecule has 1 aromatic carbocycles. The maximum absolute atomic E-state index is 13.1. The summed E-state index contributed by atoms with van der Waals surface area (Å²) in [6.07, 6.45) is 0. The highest BCUT2D eigenvalue weighted by atomic mass is 79.9. The molecule has 2 amide bonds. The average Bonchev–Trinajstić information content (AvgIpc) is 2.29. The average molecular weight is 301 g/mol. The SMILES string of the molecule is CC1C(=O)NCC(=O)N1c1ccc(F)c(Br)c1. The minimum atomic E-state index is -0.589. The molecule has 1 aliphatic rings. The topological polar surface area (TPSA) is 49.4 Å². The second kappa shape index (κ2) is 4.44. The highest BCUT2D eigenvalue weighted by Gasteiger charge is 2.32. The van der Waals surface area contributed by atoms with E-state index in [1.807, 2.05) is 0 Å². The second-order valence-electron chi connectivity index (χ2n) is 3.76. The van der Waals surface area contributed by atoms with Crippen molar-refractivity contribution in [2.75, 3.05) is 11.4 Å². The Morgan fingerprint density at radius 2 is 2.18 bits per heavy atom. The van der Waals surface area contributed by atoms with Crippen LogP contribution in [0.3, 0.4) is 0 Å². The van der Waals surface area contributed by atoms with Gasteiger partial charge in [-0.2, -0.15) is 0 Å². The standard InChI is InChI=1S/C11H10BrFN2O2/c1-6-11(17)14-5-10(16)15(6)7-2-3-9(13)8(12)4-7/h2-4,6H,5H2,1H3,(H,14,17). The Hall–Kier alpha value is -1.43. The summed E-state index contributed by atoms with van der Waals surface area (Å²) >= 11 is 3.05. The Bertz CT molecular complexity index is 492. The molecule has 2 rings (SSSR count). The number of benzene rings is 1. The lowest BCUT2D eigenvalue weighted by Crippen LogP contribution is -2.57. The van der Waals surface area contributed by atoms with E-state index >= 15 is 0 Å². The van der Waals surface area contributed by atoms with Gasteiger partial charge in [0.25, 0.3) is 0 Å². The monoisotopic (exact) mass is 300 g/mol. The summed E-state index contributed by atoms with van der Waals surface area (Å²) in [5, 5.41) is 2.49. The van der Waals surface area contributed by atoms with Gasteiger partial charge in [0.15, 0.2) is 0 Å². The molecule has 1 fully saturated rings. The van der Waals surface area contributed by atoms with Gasteiger partial charge in [0.05, 0.1) is 11.0 Å². The number of carbonyl (C=O) groups excluding carboxylic acids is 2. The largest absolute Gasteiger partial charge is 0.345 e. The van der Waals surface area contributed by atoms with E-state index in [0.29, 0.717) is 5.69 Å². The van der Waals surface area contributed by atoms with Crippen LogP contribution in [-0.2, 0) is 9.59 Å². The van der Waals surface area contributed by atoms with Crippen LogP contribution >= 0.6 is 15.9 Å². The molecule has 4 nitrogen and oxygen atoms in total. The number of halogens is 2. The molecule has 0 aromatic heterocycles. The van der Waals surface area contributed by atoms with Gasteiger partial charge < -0.3 is 5.32 Å². The van der Waals surface area contributed by atoms with Crippen LogP contribution in [0, 0.1) is 5.82 Å². The fourth-order valence-corrected chi connectivity index (χ4v) is 2.10. The van der Waals surface area contributed by atoms with E-state index in [-0.39, 0.29) is 22.8 Å². The first-order valence-corrected chi connectivity index (χ1v) is 5.85. The van der Waals surface area contributed by atoms with Crippen molar-refractivity contribution in [2.45, 2.75) is 13.0 Å². The van der Waals surface area contributed by atoms with Gasteiger partial charge in [-0.3, -0.25) is 14.5 Å². The Labute approximate surface area is 106 Å². The van der Waals surface area contributed by atoms with Crippen LogP contribution in [0.1, 0.15) is 6.92 Å². The van der Waals surface area contributed by atoms with Crippen LogP contribution in [0.5, 0.6) is 0 Å². The number of anilines is 1. The molecule has 1 unspecified atom stereocenters. The van der Waals surface area contributed by atoms with E-state index in [1.54, 1.807) is 6.92 Å². The minimum Gasteiger partial charge on any atom is -0.345 e. The van der Waals surface area contributed by atoms with E-state index < -0.39 is 11.9 Å². The fraction of sp³-hybridized carbons (Fsp3) is 0.273. The summed E-state index contributed by atoms with van der Waals surface area (Å²) in [5.74, 6) is -0.837. The first-order valence-electron chi connectivity index (χ1n) is 5.05. The Kier molecular flexibility index (Phi) is 3.15. The van der Waals surface area contributed by atoms with Gasteiger partial charge in [-0.1, -0.05) is 0 Å². The molecule has 17 heavy (non-hydrogen) atoms. The number of amides is 2. The first-order chi connectivity index (χ1) is 8.00. The molecule has 1 heterocycles. The van der Waals surface area contributed by atoms with Crippen LogP contribution in [0.4, 0.5) is 10.1 Å². The number of nitrogens with one attached hydrogen (secondary N) is 1. The number of piperazine rings is 1. The first kappa shape index (κ1) is 12.0. The molecule has 0 spiro atoms. The molecule has 1 atom stereocenters. The summed E-state index contributed by atoms with van der Waals surface area (Å²) < 4.78 is 13.4. The lowest BCUT2D eigenvalue weighted by Gasteiger charge is -2.32. The van der Waals surface area contributed by atoms with Crippen molar-refractivity contribution in [1.82, 2.24) is 5.32 Å². The van der Waals surface area contributed by atoms with Crippen LogP contribution in [0.15, 0.2) is 22.7 Å². The summed E-state index contributed by atoms with van der Waals surface area (Å²) in [6, 6.07) is 3.63. The van der Waals surface area contributed by atoms with Crippen LogP contribution in [0.2, 0.25) is 0 Å². The predicted octanol–water partition coefficient (Wildman–Crippen LogP) is 1.44. The molecule has 0 aliphatic carbocycles. The minimum absolute atomic E-state index is 0.0296. The van der Waals surface area contributed by atoms with Crippen molar-refractivity contribution in [3.05, 3.63) is 28.5 Å². The third-order valence-electron chi connectivity index (χ3n) is 2.63. The van der Waals surface area contributed by atoms with E-state index in [4.69, 9.17) is 0 Å². The summed E-state index contributed by atoms with van der Waals surface area (Å²) in [5.41, 5.74) is 0.505. The third-order valence-corrected chi connectivity index (χ3v) is 3.24. The highest BCUT2D eigenvalue weighted by Crippen LogP contribution is 2.25. The van der Waals surface area contributed by atoms with Crippen LogP contribution in [-0.4, -0.2) is 24.4 Å². The zero-order valence-electron chi connectivity index (χ0n) is 9.04. The van der Waals surface area contributed by atoms with Crippen molar-refractivity contribution >= 4 is 33.4 Å². The van der Waals surface area contributed by atoms with Gasteiger partial charge in [-0.05, 0) is 41.1 Å². The van der Waals surface area contributed by atoms with E-state index in [9.17, 15) is 14.0 Å². The van der Waals surface area contributed by atoms with Gasteiger partial charge in [0.2, 0.25) is 11.8 Å². The summed E-state index contributed by atoms with van der Waals surface area (Å²) in [7, 11) is 0. The zero-order valence-corrected chi connectivity index (χ0v) is 10.6. The third kappa shape index (κ3) is 2.17. The smallest absolute Gasteiger partial charge is 0.247 e. The summed E-state index contributed by atoms with van der Waals surface area (Å²) in [4.78, 5) is 24.6. The van der Waals surface area contributed by atoms with Crippen molar-refractivity contribution < 1.29 is 14.0 Å². The lowest BCUT2D eigenvalue weighted by atomic mass is 10.1. The number of hydrogen-bond acceptors (Lipinski definition) is 2. The van der Waals surface area contributed by atoms with Crippen LogP contribution in [0.25, 0.3) is 0 Å². The second-order valence-corrected chi connectivity index (χ2v) is 4.61. The zero-order chi connectivity index (χ0) is 12.6. The Morgan fingerprint density at radius 3 is 2.82 bits per heavy atom. The van der Waals surface area contributed by atoms with Crippen molar-refractivity contribution in [1.29, 1.82) is 0 Å². The molecule has 0 bridgehead atoms. The van der Waals surface area contributed by atoms with Crippen LogP contribution < -0.4 is 10.2 Å². The normalized spacial score (nSPS) is 20.4. The molecule has 0 saturated carbocycles. The molecule has 90 valence electrons. The molecule has 1 aromatic rings. The van der Waals surface area contributed by atoms with Crippen molar-refractivity contribution in [3.63, 3.8) is 0 Å². The lowest BCUT2D eigenvalue weighted by molar-refractivity contribution is -0.130. The Morgan fingerprint density at radius 1 is 1.47 bits per heavy atom. The molecular formula is C11H10BrFN2O2. The van der Waals surface area contributed by atoms with E-state index in [0.717, 1.165) is 0 Å². The van der Waals surface area contributed by atoms with E-state index in [2.05, 4.69) is 21.2 Å².